The average molecular weight is 454 g/mol. The van der Waals surface area contributed by atoms with E-state index in [2.05, 4.69) is 46.2 Å². The standard InChI is InChI=1S/C19H26N4O.HI/c1-14-4-6-16(7-5-14)18-22-17(13-24-18)12-21-19(20-3)23-10-8-15(2)9-11-23;/h4-7,13,15H,8-12H2,1-3H3,(H,20,21);1H. The first-order valence-electron chi connectivity index (χ1n) is 8.62. The van der Waals surface area contributed by atoms with Gasteiger partial charge in [-0.3, -0.25) is 4.99 Å². The molecular formula is C19H27IN4O. The first-order valence-corrected chi connectivity index (χ1v) is 8.62. The van der Waals surface area contributed by atoms with Gasteiger partial charge in [0.2, 0.25) is 5.89 Å². The van der Waals surface area contributed by atoms with Crippen LogP contribution in [0.15, 0.2) is 39.9 Å². The molecule has 0 atom stereocenters. The van der Waals surface area contributed by atoms with Crippen LogP contribution in [0.25, 0.3) is 11.5 Å². The van der Waals surface area contributed by atoms with Crippen molar-refractivity contribution < 1.29 is 4.42 Å². The van der Waals surface area contributed by atoms with Crippen LogP contribution in [-0.4, -0.2) is 36.0 Å². The second-order valence-electron chi connectivity index (χ2n) is 6.58. The van der Waals surface area contributed by atoms with Crippen LogP contribution in [0.4, 0.5) is 0 Å². The van der Waals surface area contributed by atoms with Gasteiger partial charge in [0.1, 0.15) is 6.26 Å². The molecule has 6 heteroatoms. The van der Waals surface area contributed by atoms with E-state index in [1.54, 1.807) is 6.26 Å². The van der Waals surface area contributed by atoms with Crippen molar-refractivity contribution >= 4 is 29.9 Å². The predicted octanol–water partition coefficient (Wildman–Crippen LogP) is 4.08. The Bertz CT molecular complexity index is 688. The second-order valence-corrected chi connectivity index (χ2v) is 6.58. The third-order valence-corrected chi connectivity index (χ3v) is 4.57. The fourth-order valence-corrected chi connectivity index (χ4v) is 2.94. The zero-order chi connectivity index (χ0) is 16.9. The minimum absolute atomic E-state index is 0. The fourth-order valence-electron chi connectivity index (χ4n) is 2.94. The quantitative estimate of drug-likeness (QED) is 0.432. The number of aryl methyl sites for hydroxylation is 1. The average Bonchev–Trinajstić information content (AvgIpc) is 3.06. The van der Waals surface area contributed by atoms with E-state index in [1.165, 1.54) is 18.4 Å². The summed E-state index contributed by atoms with van der Waals surface area (Å²) in [6.45, 7) is 7.13. The SMILES string of the molecule is CN=C(NCc1coc(-c2ccc(C)cc2)n1)N1CCC(C)CC1.I. The van der Waals surface area contributed by atoms with E-state index in [-0.39, 0.29) is 24.0 Å². The number of hydrogen-bond donors (Lipinski definition) is 1. The number of benzene rings is 1. The highest BCUT2D eigenvalue weighted by atomic mass is 127. The summed E-state index contributed by atoms with van der Waals surface area (Å²) in [4.78, 5) is 11.3. The lowest BCUT2D eigenvalue weighted by molar-refractivity contribution is 0.273. The van der Waals surface area contributed by atoms with Crippen molar-refractivity contribution in [2.45, 2.75) is 33.2 Å². The van der Waals surface area contributed by atoms with Crippen molar-refractivity contribution in [1.29, 1.82) is 0 Å². The van der Waals surface area contributed by atoms with E-state index in [0.717, 1.165) is 36.2 Å². The number of aliphatic imine (C=N–C) groups is 1. The summed E-state index contributed by atoms with van der Waals surface area (Å²) in [5.74, 6) is 2.42. The summed E-state index contributed by atoms with van der Waals surface area (Å²) < 4.78 is 5.61. The van der Waals surface area contributed by atoms with E-state index in [9.17, 15) is 0 Å². The van der Waals surface area contributed by atoms with Crippen molar-refractivity contribution in [1.82, 2.24) is 15.2 Å². The molecule has 1 saturated heterocycles. The maximum Gasteiger partial charge on any atom is 0.226 e. The van der Waals surface area contributed by atoms with Crippen molar-refractivity contribution in [3.8, 4) is 11.5 Å². The summed E-state index contributed by atoms with van der Waals surface area (Å²) in [7, 11) is 1.83. The van der Waals surface area contributed by atoms with E-state index >= 15 is 0 Å². The van der Waals surface area contributed by atoms with Gasteiger partial charge in [0.05, 0.1) is 12.2 Å². The van der Waals surface area contributed by atoms with Gasteiger partial charge in [0.15, 0.2) is 5.96 Å². The number of nitrogens with one attached hydrogen (secondary N) is 1. The van der Waals surface area contributed by atoms with E-state index < -0.39 is 0 Å². The third kappa shape index (κ3) is 5.20. The highest BCUT2D eigenvalue weighted by Crippen LogP contribution is 2.19. The van der Waals surface area contributed by atoms with Crippen LogP contribution in [0.2, 0.25) is 0 Å². The van der Waals surface area contributed by atoms with Crippen molar-refractivity contribution in [3.05, 3.63) is 41.8 Å². The number of hydrogen-bond acceptors (Lipinski definition) is 3. The molecule has 136 valence electrons. The van der Waals surface area contributed by atoms with Crippen LogP contribution in [0, 0.1) is 12.8 Å². The number of aromatic nitrogens is 1. The number of nitrogens with zero attached hydrogens (tertiary/aromatic N) is 3. The van der Waals surface area contributed by atoms with Gasteiger partial charge in [0.25, 0.3) is 0 Å². The summed E-state index contributed by atoms with van der Waals surface area (Å²) in [6, 6.07) is 8.20. The molecule has 1 aliphatic rings. The summed E-state index contributed by atoms with van der Waals surface area (Å²) in [5.41, 5.74) is 3.12. The molecule has 1 aliphatic heterocycles. The monoisotopic (exact) mass is 454 g/mol. The third-order valence-electron chi connectivity index (χ3n) is 4.57. The Morgan fingerprint density at radius 3 is 2.60 bits per heavy atom. The van der Waals surface area contributed by atoms with Crippen molar-refractivity contribution in [2.24, 2.45) is 10.9 Å². The van der Waals surface area contributed by atoms with Gasteiger partial charge in [-0.2, -0.15) is 0 Å². The minimum atomic E-state index is 0. The minimum Gasteiger partial charge on any atom is -0.444 e. The van der Waals surface area contributed by atoms with E-state index in [4.69, 9.17) is 4.42 Å². The largest absolute Gasteiger partial charge is 0.444 e. The number of piperidine rings is 1. The Hall–Kier alpha value is -1.57. The first kappa shape index (κ1) is 19.8. The van der Waals surface area contributed by atoms with Gasteiger partial charge in [0, 0.05) is 25.7 Å². The maximum atomic E-state index is 5.61. The molecule has 0 unspecified atom stereocenters. The molecule has 2 heterocycles. The smallest absolute Gasteiger partial charge is 0.226 e. The molecule has 0 amide bonds. The Morgan fingerprint density at radius 2 is 1.96 bits per heavy atom. The highest BCUT2D eigenvalue weighted by Gasteiger charge is 2.18. The molecular weight excluding hydrogens is 427 g/mol. The molecule has 5 nitrogen and oxygen atoms in total. The predicted molar refractivity (Wildman–Crippen MR) is 112 cm³/mol. The summed E-state index contributed by atoms with van der Waals surface area (Å²) >= 11 is 0. The fraction of sp³-hybridized carbons (Fsp3) is 0.474. The van der Waals surface area contributed by atoms with Gasteiger partial charge < -0.3 is 14.6 Å². The molecule has 1 aromatic heterocycles. The first-order chi connectivity index (χ1) is 11.7. The second kappa shape index (κ2) is 9.22. The molecule has 0 bridgehead atoms. The molecule has 25 heavy (non-hydrogen) atoms. The van der Waals surface area contributed by atoms with Gasteiger partial charge in [-0.05, 0) is 37.8 Å². The maximum absolute atomic E-state index is 5.61. The number of likely N-dealkylation sites (tertiary alicyclic amines) is 1. The lowest BCUT2D eigenvalue weighted by atomic mass is 10.00. The van der Waals surface area contributed by atoms with E-state index in [1.807, 2.05) is 19.2 Å². The number of halogens is 1. The summed E-state index contributed by atoms with van der Waals surface area (Å²) in [5, 5.41) is 3.40. The molecule has 2 aromatic rings. The van der Waals surface area contributed by atoms with Crippen LogP contribution in [0.1, 0.15) is 31.0 Å². The van der Waals surface area contributed by atoms with Crippen LogP contribution in [-0.2, 0) is 6.54 Å². The topological polar surface area (TPSA) is 53.7 Å². The molecule has 1 fully saturated rings. The van der Waals surface area contributed by atoms with Crippen molar-refractivity contribution in [2.75, 3.05) is 20.1 Å². The Labute approximate surface area is 166 Å². The molecule has 1 aromatic carbocycles. The number of rotatable bonds is 3. The van der Waals surface area contributed by atoms with Crippen LogP contribution >= 0.6 is 24.0 Å². The molecule has 0 saturated carbocycles. The zero-order valence-corrected chi connectivity index (χ0v) is 17.5. The zero-order valence-electron chi connectivity index (χ0n) is 15.2. The van der Waals surface area contributed by atoms with Crippen LogP contribution in [0.5, 0.6) is 0 Å². The van der Waals surface area contributed by atoms with Gasteiger partial charge in [-0.15, -0.1) is 24.0 Å². The van der Waals surface area contributed by atoms with E-state index in [0.29, 0.717) is 12.4 Å². The molecule has 0 spiro atoms. The van der Waals surface area contributed by atoms with Crippen molar-refractivity contribution in [3.63, 3.8) is 0 Å². The van der Waals surface area contributed by atoms with Gasteiger partial charge in [-0.1, -0.05) is 24.6 Å². The van der Waals surface area contributed by atoms with Gasteiger partial charge in [-0.25, -0.2) is 4.98 Å². The number of guanidine groups is 1. The normalized spacial score (nSPS) is 15.8. The Morgan fingerprint density at radius 1 is 1.28 bits per heavy atom. The van der Waals surface area contributed by atoms with Gasteiger partial charge >= 0.3 is 0 Å². The molecule has 3 rings (SSSR count). The molecule has 1 N–H and O–H groups in total. The molecule has 0 aliphatic carbocycles. The van der Waals surface area contributed by atoms with Crippen LogP contribution < -0.4 is 5.32 Å². The van der Waals surface area contributed by atoms with Crippen LogP contribution in [0.3, 0.4) is 0 Å². The number of oxazole rings is 1. The summed E-state index contributed by atoms with van der Waals surface area (Å²) in [6.07, 6.45) is 4.16. The lowest BCUT2D eigenvalue weighted by Crippen LogP contribution is -2.45. The molecule has 0 radical (unpaired) electrons. The Balaban J connectivity index is 0.00000225. The highest BCUT2D eigenvalue weighted by molar-refractivity contribution is 14.0. The Kier molecular flexibility index (Phi) is 7.28. The lowest BCUT2D eigenvalue weighted by Gasteiger charge is -2.32.